The molecule has 2 atom stereocenters. The molecule has 0 spiro atoms. The Hall–Kier alpha value is -2.64. The fraction of sp³-hybridized carbons (Fsp3) is 0.136. The molecule has 0 fully saturated rings. The van der Waals surface area contributed by atoms with Crippen molar-refractivity contribution in [3.8, 4) is 0 Å². The van der Waals surface area contributed by atoms with Gasteiger partial charge >= 0.3 is 0 Å². The van der Waals surface area contributed by atoms with Crippen molar-refractivity contribution in [3.05, 3.63) is 96.6 Å². The van der Waals surface area contributed by atoms with E-state index in [9.17, 15) is 4.57 Å². The van der Waals surface area contributed by atoms with Gasteiger partial charge in [0.2, 0.25) is 5.90 Å². The maximum atomic E-state index is 14.4. The van der Waals surface area contributed by atoms with Crippen LogP contribution in [-0.4, -0.2) is 17.8 Å². The Labute approximate surface area is 153 Å². The van der Waals surface area contributed by atoms with E-state index in [0.717, 1.165) is 16.2 Å². The van der Waals surface area contributed by atoms with Crippen LogP contribution in [0.15, 0.2) is 96.0 Å². The molecule has 3 aromatic carbocycles. The van der Waals surface area contributed by atoms with E-state index in [4.69, 9.17) is 9.73 Å². The molecule has 0 N–H and O–H groups in total. The van der Waals surface area contributed by atoms with Crippen molar-refractivity contribution in [2.45, 2.75) is 18.8 Å². The number of nitrogens with zero attached hydrogens (tertiary/aromatic N) is 1. The van der Waals surface area contributed by atoms with E-state index in [-0.39, 0.29) is 6.10 Å². The maximum Gasteiger partial charge on any atom is 0.217 e. The van der Waals surface area contributed by atoms with Crippen LogP contribution < -0.4 is 10.6 Å². The van der Waals surface area contributed by atoms with Gasteiger partial charge < -0.3 is 9.30 Å². The van der Waals surface area contributed by atoms with Gasteiger partial charge in [-0.05, 0) is 19.1 Å². The van der Waals surface area contributed by atoms with Crippen molar-refractivity contribution < 1.29 is 9.30 Å². The highest BCUT2D eigenvalue weighted by Crippen LogP contribution is 2.52. The largest absolute Gasteiger partial charge is 0.472 e. The third kappa shape index (κ3) is 2.89. The van der Waals surface area contributed by atoms with Gasteiger partial charge in [-0.2, -0.15) is 0 Å². The fourth-order valence-corrected chi connectivity index (χ4v) is 6.40. The lowest BCUT2D eigenvalue weighted by atomic mass is 10.2. The minimum Gasteiger partial charge on any atom is -0.472 e. The Morgan fingerprint density at radius 3 is 1.73 bits per heavy atom. The standard InChI is InChI=1S/C22H20NO2P/c1-17-22(23-21(25-17)18-11-5-2-6-12-18)26(24,19-13-7-3-8-14-19)20-15-9-4-10-16-20/h2-17,22H,1H3/t17-,22-/m1/s1. The number of hydrogen-bond donors (Lipinski definition) is 0. The van der Waals surface area contributed by atoms with Crippen molar-refractivity contribution in [2.24, 2.45) is 4.99 Å². The van der Waals surface area contributed by atoms with E-state index in [1.807, 2.05) is 97.9 Å². The zero-order valence-corrected chi connectivity index (χ0v) is 15.4. The summed E-state index contributed by atoms with van der Waals surface area (Å²) < 4.78 is 20.4. The first-order chi connectivity index (χ1) is 12.7. The number of aliphatic imine (C=N–C) groups is 1. The average Bonchev–Trinajstić information content (AvgIpc) is 3.11. The Morgan fingerprint density at radius 2 is 1.23 bits per heavy atom. The molecule has 0 aliphatic carbocycles. The number of rotatable bonds is 4. The predicted molar refractivity (Wildman–Crippen MR) is 107 cm³/mol. The normalized spacial score (nSPS) is 19.7. The van der Waals surface area contributed by atoms with Crippen molar-refractivity contribution >= 4 is 23.6 Å². The summed E-state index contributed by atoms with van der Waals surface area (Å²) >= 11 is 0. The van der Waals surface area contributed by atoms with Crippen LogP contribution in [0.3, 0.4) is 0 Å². The quantitative estimate of drug-likeness (QED) is 0.654. The highest BCUT2D eigenvalue weighted by molar-refractivity contribution is 7.79. The first kappa shape index (κ1) is 16.8. The van der Waals surface area contributed by atoms with E-state index >= 15 is 0 Å². The molecule has 130 valence electrons. The van der Waals surface area contributed by atoms with Crippen LogP contribution in [0, 0.1) is 0 Å². The SMILES string of the molecule is C[C@H]1OC(c2ccccc2)=N[C@@H]1P(=O)(c1ccccc1)c1ccccc1. The van der Waals surface area contributed by atoms with Crippen LogP contribution in [0.4, 0.5) is 0 Å². The van der Waals surface area contributed by atoms with Gasteiger partial charge in [0.1, 0.15) is 6.10 Å². The second-order valence-electron chi connectivity index (χ2n) is 6.37. The monoisotopic (exact) mass is 361 g/mol. The summed E-state index contributed by atoms with van der Waals surface area (Å²) in [5, 5.41) is 1.62. The van der Waals surface area contributed by atoms with Crippen LogP contribution in [-0.2, 0) is 9.30 Å². The summed E-state index contributed by atoms with van der Waals surface area (Å²) in [7, 11) is -3.00. The topological polar surface area (TPSA) is 38.7 Å². The molecule has 3 nitrogen and oxygen atoms in total. The summed E-state index contributed by atoms with van der Waals surface area (Å²) in [4.78, 5) is 4.80. The summed E-state index contributed by atoms with van der Waals surface area (Å²) in [6, 6.07) is 29.1. The summed E-state index contributed by atoms with van der Waals surface area (Å²) in [5.74, 6) is 0.123. The molecule has 0 radical (unpaired) electrons. The van der Waals surface area contributed by atoms with Crippen LogP contribution in [0.2, 0.25) is 0 Å². The minimum absolute atomic E-state index is 0.267. The predicted octanol–water partition coefficient (Wildman–Crippen LogP) is 4.19. The molecular weight excluding hydrogens is 341 g/mol. The number of ether oxygens (including phenoxy) is 1. The third-order valence-electron chi connectivity index (χ3n) is 4.64. The molecule has 0 unspecified atom stereocenters. The van der Waals surface area contributed by atoms with Crippen molar-refractivity contribution in [1.82, 2.24) is 0 Å². The van der Waals surface area contributed by atoms with Crippen LogP contribution in [0.5, 0.6) is 0 Å². The Morgan fingerprint density at radius 1 is 0.769 bits per heavy atom. The van der Waals surface area contributed by atoms with Gasteiger partial charge in [-0.15, -0.1) is 0 Å². The van der Waals surface area contributed by atoms with E-state index in [1.54, 1.807) is 0 Å². The smallest absolute Gasteiger partial charge is 0.217 e. The van der Waals surface area contributed by atoms with Gasteiger partial charge in [0.05, 0.1) is 0 Å². The van der Waals surface area contributed by atoms with Crippen LogP contribution in [0.25, 0.3) is 0 Å². The van der Waals surface area contributed by atoms with E-state index in [1.165, 1.54) is 0 Å². The molecule has 0 amide bonds. The summed E-state index contributed by atoms with van der Waals surface area (Å²) in [5.41, 5.74) is 0.912. The van der Waals surface area contributed by atoms with Crippen LogP contribution >= 0.6 is 7.14 Å². The zero-order valence-electron chi connectivity index (χ0n) is 14.5. The van der Waals surface area contributed by atoms with Crippen molar-refractivity contribution in [3.63, 3.8) is 0 Å². The molecule has 0 aromatic heterocycles. The first-order valence-electron chi connectivity index (χ1n) is 8.70. The maximum absolute atomic E-state index is 14.4. The van der Waals surface area contributed by atoms with Gasteiger partial charge in [0, 0.05) is 16.2 Å². The Kier molecular flexibility index (Phi) is 4.48. The minimum atomic E-state index is -3.00. The molecule has 4 rings (SSSR count). The second-order valence-corrected chi connectivity index (χ2v) is 9.24. The molecule has 0 saturated carbocycles. The van der Waals surface area contributed by atoms with Crippen LogP contribution in [0.1, 0.15) is 12.5 Å². The molecule has 1 heterocycles. The molecular formula is C22H20NO2P. The van der Waals surface area contributed by atoms with Gasteiger partial charge in [-0.25, -0.2) is 4.99 Å². The van der Waals surface area contributed by atoms with Crippen molar-refractivity contribution in [1.29, 1.82) is 0 Å². The summed E-state index contributed by atoms with van der Waals surface area (Å²) in [6.07, 6.45) is -0.267. The number of benzene rings is 3. The molecule has 0 bridgehead atoms. The second kappa shape index (κ2) is 6.93. The van der Waals surface area contributed by atoms with Gasteiger partial charge in [0.15, 0.2) is 12.9 Å². The highest BCUT2D eigenvalue weighted by atomic mass is 31.2. The molecule has 26 heavy (non-hydrogen) atoms. The Bertz CT molecular complexity index is 912. The average molecular weight is 361 g/mol. The van der Waals surface area contributed by atoms with Gasteiger partial charge in [0.25, 0.3) is 0 Å². The molecule has 3 aromatic rings. The lowest BCUT2D eigenvalue weighted by Gasteiger charge is -2.25. The highest BCUT2D eigenvalue weighted by Gasteiger charge is 2.44. The molecule has 0 saturated heterocycles. The van der Waals surface area contributed by atoms with E-state index < -0.39 is 12.9 Å². The molecule has 4 heteroatoms. The van der Waals surface area contributed by atoms with Gasteiger partial charge in [-0.3, -0.25) is 0 Å². The molecule has 1 aliphatic rings. The van der Waals surface area contributed by atoms with Crippen molar-refractivity contribution in [2.75, 3.05) is 0 Å². The molecule has 1 aliphatic heterocycles. The third-order valence-corrected chi connectivity index (χ3v) is 8.05. The fourth-order valence-electron chi connectivity index (χ4n) is 3.35. The number of hydrogen-bond acceptors (Lipinski definition) is 3. The van der Waals surface area contributed by atoms with E-state index in [0.29, 0.717) is 5.90 Å². The summed E-state index contributed by atoms with van der Waals surface area (Å²) in [6.45, 7) is 1.95. The lowest BCUT2D eigenvalue weighted by Crippen LogP contribution is -2.30. The Balaban J connectivity index is 1.85. The van der Waals surface area contributed by atoms with E-state index in [2.05, 4.69) is 0 Å². The van der Waals surface area contributed by atoms with Gasteiger partial charge in [-0.1, -0.05) is 78.9 Å². The zero-order chi connectivity index (χ0) is 18.0. The first-order valence-corrected chi connectivity index (χ1v) is 10.5. The lowest BCUT2D eigenvalue weighted by molar-refractivity contribution is 0.235.